The van der Waals surface area contributed by atoms with Crippen molar-refractivity contribution in [1.29, 1.82) is 0 Å². The lowest BCUT2D eigenvalue weighted by atomic mass is 9.99. The molecule has 12 heavy (non-hydrogen) atoms. The Morgan fingerprint density at radius 3 is 3.00 bits per heavy atom. The molecule has 0 spiro atoms. The third-order valence-electron chi connectivity index (χ3n) is 2.24. The third-order valence-corrected chi connectivity index (χ3v) is 2.47. The molecule has 1 amide bonds. The van der Waals surface area contributed by atoms with Gasteiger partial charge in [0, 0.05) is 19.7 Å². The van der Waals surface area contributed by atoms with Crippen LogP contribution in [0.3, 0.4) is 0 Å². The van der Waals surface area contributed by atoms with Gasteiger partial charge in [-0.25, -0.2) is 0 Å². The molecule has 3 nitrogen and oxygen atoms in total. The second-order valence-electron chi connectivity index (χ2n) is 3.16. The van der Waals surface area contributed by atoms with Gasteiger partial charge in [0.2, 0.25) is 5.91 Å². The first kappa shape index (κ1) is 9.81. The van der Waals surface area contributed by atoms with Gasteiger partial charge in [0.1, 0.15) is 5.88 Å². The number of aliphatic hydroxyl groups is 1. The zero-order chi connectivity index (χ0) is 8.97. The maximum Gasteiger partial charge on any atom is 0.237 e. The minimum atomic E-state index is -0.0187. The summed E-state index contributed by atoms with van der Waals surface area (Å²) in [6.45, 7) is 1.64. The molecule has 1 N–H and O–H groups in total. The number of piperidine rings is 1. The van der Waals surface area contributed by atoms with Gasteiger partial charge in [-0.3, -0.25) is 4.79 Å². The molecular formula is C8H14ClNO2. The van der Waals surface area contributed by atoms with Crippen molar-refractivity contribution in [3.05, 3.63) is 0 Å². The number of aliphatic hydroxyl groups excluding tert-OH is 1. The zero-order valence-electron chi connectivity index (χ0n) is 7.00. The minimum absolute atomic E-state index is 0.0187. The smallest absolute Gasteiger partial charge is 0.237 e. The predicted molar refractivity (Wildman–Crippen MR) is 47.1 cm³/mol. The van der Waals surface area contributed by atoms with Gasteiger partial charge in [0.15, 0.2) is 0 Å². The highest BCUT2D eigenvalue weighted by molar-refractivity contribution is 6.27. The van der Waals surface area contributed by atoms with E-state index in [4.69, 9.17) is 16.7 Å². The molecule has 0 aromatic rings. The van der Waals surface area contributed by atoms with E-state index in [9.17, 15) is 4.79 Å². The number of carbonyl (C=O) groups excluding carboxylic acids is 1. The van der Waals surface area contributed by atoms with Crippen LogP contribution < -0.4 is 0 Å². The van der Waals surface area contributed by atoms with Crippen LogP contribution in [0, 0.1) is 5.92 Å². The first-order chi connectivity index (χ1) is 5.77. The summed E-state index contributed by atoms with van der Waals surface area (Å²) in [5.41, 5.74) is 0. The van der Waals surface area contributed by atoms with Crippen molar-refractivity contribution >= 4 is 17.5 Å². The fraction of sp³-hybridized carbons (Fsp3) is 0.875. The molecule has 1 aliphatic rings. The van der Waals surface area contributed by atoms with Gasteiger partial charge in [-0.2, -0.15) is 0 Å². The van der Waals surface area contributed by atoms with Crippen LogP contribution >= 0.6 is 11.6 Å². The first-order valence-corrected chi connectivity index (χ1v) is 4.76. The predicted octanol–water partition coefficient (Wildman–Crippen LogP) is 0.456. The first-order valence-electron chi connectivity index (χ1n) is 4.22. The van der Waals surface area contributed by atoms with Crippen molar-refractivity contribution in [2.45, 2.75) is 12.8 Å². The van der Waals surface area contributed by atoms with E-state index in [1.54, 1.807) is 4.90 Å². The van der Waals surface area contributed by atoms with Crippen LogP contribution in [0.4, 0.5) is 0 Å². The Bertz CT molecular complexity index is 163. The summed E-state index contributed by atoms with van der Waals surface area (Å²) in [5, 5.41) is 8.89. The molecule has 0 aliphatic carbocycles. The lowest BCUT2D eigenvalue weighted by Crippen LogP contribution is -2.41. The van der Waals surface area contributed by atoms with E-state index in [0.29, 0.717) is 6.54 Å². The van der Waals surface area contributed by atoms with Crippen molar-refractivity contribution < 1.29 is 9.90 Å². The number of hydrogen-bond donors (Lipinski definition) is 1. The zero-order valence-corrected chi connectivity index (χ0v) is 7.76. The topological polar surface area (TPSA) is 40.5 Å². The lowest BCUT2D eigenvalue weighted by molar-refractivity contribution is -0.130. The molecule has 0 saturated carbocycles. The molecule has 1 fully saturated rings. The molecule has 1 heterocycles. The van der Waals surface area contributed by atoms with E-state index < -0.39 is 0 Å². The molecule has 1 saturated heterocycles. The molecule has 70 valence electrons. The van der Waals surface area contributed by atoms with Crippen molar-refractivity contribution in [3.8, 4) is 0 Å². The second-order valence-corrected chi connectivity index (χ2v) is 3.43. The van der Waals surface area contributed by atoms with Gasteiger partial charge < -0.3 is 10.0 Å². The largest absolute Gasteiger partial charge is 0.396 e. The van der Waals surface area contributed by atoms with E-state index in [2.05, 4.69) is 0 Å². The molecule has 0 aromatic heterocycles. The van der Waals surface area contributed by atoms with E-state index in [0.717, 1.165) is 19.4 Å². The van der Waals surface area contributed by atoms with Gasteiger partial charge >= 0.3 is 0 Å². The van der Waals surface area contributed by atoms with Crippen molar-refractivity contribution in [2.75, 3.05) is 25.6 Å². The third kappa shape index (κ3) is 2.35. The number of hydrogen-bond acceptors (Lipinski definition) is 2. The maximum atomic E-state index is 11.1. The van der Waals surface area contributed by atoms with Crippen LogP contribution in [-0.4, -0.2) is 41.5 Å². The second kappa shape index (κ2) is 4.67. The number of likely N-dealkylation sites (tertiary alicyclic amines) is 1. The van der Waals surface area contributed by atoms with Crippen molar-refractivity contribution in [2.24, 2.45) is 5.92 Å². The van der Waals surface area contributed by atoms with Gasteiger partial charge in [-0.15, -0.1) is 11.6 Å². The standard InChI is InChI=1S/C8H14ClNO2/c9-4-8(12)10-3-1-2-7(5-10)6-11/h7,11H,1-6H2. The van der Waals surface area contributed by atoms with Crippen molar-refractivity contribution in [1.82, 2.24) is 4.90 Å². The highest BCUT2D eigenvalue weighted by atomic mass is 35.5. The number of halogens is 1. The normalized spacial score (nSPS) is 24.2. The van der Waals surface area contributed by atoms with Crippen LogP contribution in [0.1, 0.15) is 12.8 Å². The molecule has 1 aliphatic heterocycles. The summed E-state index contributed by atoms with van der Waals surface area (Å²) in [6.07, 6.45) is 2.00. The summed E-state index contributed by atoms with van der Waals surface area (Å²) in [4.78, 5) is 12.9. The van der Waals surface area contributed by atoms with Crippen LogP contribution in [0.2, 0.25) is 0 Å². The van der Waals surface area contributed by atoms with E-state index in [-0.39, 0.29) is 24.3 Å². The number of rotatable bonds is 2. The molecule has 0 aromatic carbocycles. The van der Waals surface area contributed by atoms with E-state index in [1.165, 1.54) is 0 Å². The number of amides is 1. The number of carbonyl (C=O) groups is 1. The average Bonchev–Trinajstić information content (AvgIpc) is 2.17. The quantitative estimate of drug-likeness (QED) is 0.645. The Balaban J connectivity index is 2.40. The summed E-state index contributed by atoms with van der Waals surface area (Å²) < 4.78 is 0. The molecular weight excluding hydrogens is 178 g/mol. The van der Waals surface area contributed by atoms with Crippen molar-refractivity contribution in [3.63, 3.8) is 0 Å². The van der Waals surface area contributed by atoms with Gasteiger partial charge in [-0.1, -0.05) is 0 Å². The average molecular weight is 192 g/mol. The Kier molecular flexibility index (Phi) is 3.82. The Morgan fingerprint density at radius 1 is 1.67 bits per heavy atom. The lowest BCUT2D eigenvalue weighted by Gasteiger charge is -2.31. The Morgan fingerprint density at radius 2 is 2.42 bits per heavy atom. The van der Waals surface area contributed by atoms with Gasteiger partial charge in [-0.05, 0) is 18.8 Å². The van der Waals surface area contributed by atoms with Crippen LogP contribution in [0.15, 0.2) is 0 Å². The summed E-state index contributed by atoms with van der Waals surface area (Å²) in [7, 11) is 0. The maximum absolute atomic E-state index is 11.1. The number of alkyl halides is 1. The molecule has 4 heteroatoms. The van der Waals surface area contributed by atoms with Crippen LogP contribution in [0.5, 0.6) is 0 Å². The highest BCUT2D eigenvalue weighted by Crippen LogP contribution is 2.15. The fourth-order valence-corrected chi connectivity index (χ4v) is 1.69. The Labute approximate surface area is 77.3 Å². The summed E-state index contributed by atoms with van der Waals surface area (Å²) in [5.74, 6) is 0.291. The molecule has 1 atom stereocenters. The number of nitrogens with zero attached hydrogens (tertiary/aromatic N) is 1. The molecule has 1 rings (SSSR count). The SMILES string of the molecule is O=C(CCl)N1CCCC(CO)C1. The summed E-state index contributed by atoms with van der Waals surface area (Å²) >= 11 is 5.42. The summed E-state index contributed by atoms with van der Waals surface area (Å²) in [6, 6.07) is 0. The van der Waals surface area contributed by atoms with Crippen LogP contribution in [-0.2, 0) is 4.79 Å². The minimum Gasteiger partial charge on any atom is -0.396 e. The highest BCUT2D eigenvalue weighted by Gasteiger charge is 2.21. The Hall–Kier alpha value is -0.280. The van der Waals surface area contributed by atoms with E-state index in [1.807, 2.05) is 0 Å². The van der Waals surface area contributed by atoms with Gasteiger partial charge in [0.25, 0.3) is 0 Å². The van der Waals surface area contributed by atoms with E-state index >= 15 is 0 Å². The fourth-order valence-electron chi connectivity index (χ4n) is 1.53. The monoisotopic (exact) mass is 191 g/mol. The molecule has 0 radical (unpaired) electrons. The molecule has 1 unspecified atom stereocenters. The van der Waals surface area contributed by atoms with Gasteiger partial charge in [0.05, 0.1) is 0 Å². The molecule has 0 bridgehead atoms. The van der Waals surface area contributed by atoms with Crippen LogP contribution in [0.25, 0.3) is 0 Å².